The van der Waals surface area contributed by atoms with Crippen LogP contribution in [0.5, 0.6) is 0 Å². The van der Waals surface area contributed by atoms with Crippen molar-refractivity contribution in [3.05, 3.63) is 24.3 Å². The minimum absolute atomic E-state index is 0.103. The standard InChI is InChI=1S/C20H31N3O/c1-17-7-6-12-22(15-17)16-20(24)21-18-8-10-19(11-9-18)23-13-4-2-3-5-14-23/h8-11,17H,2-7,12-16H2,1H3,(H,21,24)/t17-/m1/s1. The average molecular weight is 329 g/mol. The third-order valence-corrected chi connectivity index (χ3v) is 5.23. The molecule has 1 N–H and O–H groups in total. The average Bonchev–Trinajstić information content (AvgIpc) is 2.85. The highest BCUT2D eigenvalue weighted by molar-refractivity contribution is 5.92. The lowest BCUT2D eigenvalue weighted by Gasteiger charge is -2.30. The molecule has 4 nitrogen and oxygen atoms in total. The second kappa shape index (κ2) is 8.52. The molecule has 4 heteroatoms. The zero-order chi connectivity index (χ0) is 16.8. The number of amides is 1. The molecule has 24 heavy (non-hydrogen) atoms. The molecular formula is C20H31N3O. The lowest BCUT2D eigenvalue weighted by Crippen LogP contribution is -2.39. The van der Waals surface area contributed by atoms with E-state index in [2.05, 4.69) is 34.2 Å². The first-order chi connectivity index (χ1) is 11.7. The molecule has 2 aliphatic heterocycles. The Hall–Kier alpha value is -1.55. The van der Waals surface area contributed by atoms with Gasteiger partial charge in [0.1, 0.15) is 0 Å². The molecule has 0 saturated carbocycles. The molecule has 1 aromatic carbocycles. The largest absolute Gasteiger partial charge is 0.372 e. The van der Waals surface area contributed by atoms with Crippen molar-refractivity contribution in [3.63, 3.8) is 0 Å². The molecule has 0 radical (unpaired) electrons. The molecule has 0 unspecified atom stereocenters. The van der Waals surface area contributed by atoms with Crippen LogP contribution in [0.3, 0.4) is 0 Å². The fourth-order valence-corrected chi connectivity index (χ4v) is 3.92. The molecule has 0 aromatic heterocycles. The van der Waals surface area contributed by atoms with Crippen molar-refractivity contribution in [2.45, 2.75) is 45.4 Å². The van der Waals surface area contributed by atoms with Gasteiger partial charge in [-0.15, -0.1) is 0 Å². The molecule has 3 rings (SSSR count). The van der Waals surface area contributed by atoms with Crippen LogP contribution in [0.25, 0.3) is 0 Å². The maximum atomic E-state index is 12.3. The zero-order valence-corrected chi connectivity index (χ0v) is 15.0. The third-order valence-electron chi connectivity index (χ3n) is 5.23. The number of carbonyl (C=O) groups is 1. The van der Waals surface area contributed by atoms with E-state index >= 15 is 0 Å². The molecule has 0 bridgehead atoms. The van der Waals surface area contributed by atoms with Crippen molar-refractivity contribution < 1.29 is 4.79 Å². The molecule has 0 aliphatic carbocycles. The van der Waals surface area contributed by atoms with Crippen LogP contribution in [0.4, 0.5) is 11.4 Å². The van der Waals surface area contributed by atoms with E-state index in [1.54, 1.807) is 0 Å². The van der Waals surface area contributed by atoms with E-state index in [-0.39, 0.29) is 5.91 Å². The quantitative estimate of drug-likeness (QED) is 0.914. The van der Waals surface area contributed by atoms with E-state index in [4.69, 9.17) is 0 Å². The van der Waals surface area contributed by atoms with Gasteiger partial charge in [-0.1, -0.05) is 19.8 Å². The first kappa shape index (κ1) is 17.3. The van der Waals surface area contributed by atoms with Crippen LogP contribution in [0.15, 0.2) is 24.3 Å². The lowest BCUT2D eigenvalue weighted by atomic mass is 10.0. The van der Waals surface area contributed by atoms with Gasteiger partial charge in [0.25, 0.3) is 0 Å². The molecule has 2 heterocycles. The summed E-state index contributed by atoms with van der Waals surface area (Å²) in [6.07, 6.45) is 7.76. The predicted octanol–water partition coefficient (Wildman–Crippen LogP) is 3.74. The van der Waals surface area contributed by atoms with Crippen molar-refractivity contribution in [1.82, 2.24) is 4.90 Å². The minimum atomic E-state index is 0.103. The summed E-state index contributed by atoms with van der Waals surface area (Å²) < 4.78 is 0. The number of hydrogen-bond acceptors (Lipinski definition) is 3. The Morgan fingerprint density at radius 2 is 1.75 bits per heavy atom. The summed E-state index contributed by atoms with van der Waals surface area (Å²) in [4.78, 5) is 17.0. The van der Waals surface area contributed by atoms with E-state index < -0.39 is 0 Å². The van der Waals surface area contributed by atoms with Gasteiger partial charge in [0.2, 0.25) is 5.91 Å². The number of nitrogens with one attached hydrogen (secondary N) is 1. The highest BCUT2D eigenvalue weighted by Gasteiger charge is 2.18. The number of hydrogen-bond donors (Lipinski definition) is 1. The van der Waals surface area contributed by atoms with Gasteiger partial charge < -0.3 is 10.2 Å². The molecular weight excluding hydrogens is 298 g/mol. The van der Waals surface area contributed by atoms with Crippen molar-refractivity contribution in [2.75, 3.05) is 42.9 Å². The number of piperidine rings is 1. The van der Waals surface area contributed by atoms with Gasteiger partial charge in [0, 0.05) is 31.0 Å². The van der Waals surface area contributed by atoms with Crippen LogP contribution < -0.4 is 10.2 Å². The number of nitrogens with zero attached hydrogens (tertiary/aromatic N) is 2. The summed E-state index contributed by atoms with van der Waals surface area (Å²) in [5.41, 5.74) is 2.18. The van der Waals surface area contributed by atoms with E-state index in [1.165, 1.54) is 44.2 Å². The summed E-state index contributed by atoms with van der Waals surface area (Å²) in [6.45, 7) is 7.18. The number of anilines is 2. The predicted molar refractivity (Wildman–Crippen MR) is 101 cm³/mol. The molecule has 2 fully saturated rings. The van der Waals surface area contributed by atoms with Gasteiger partial charge in [-0.2, -0.15) is 0 Å². The molecule has 1 atom stereocenters. The molecule has 1 aromatic rings. The van der Waals surface area contributed by atoms with E-state index in [0.717, 1.165) is 31.9 Å². The van der Waals surface area contributed by atoms with Gasteiger partial charge in [-0.05, 0) is 62.4 Å². The van der Waals surface area contributed by atoms with Crippen LogP contribution in [-0.4, -0.2) is 43.5 Å². The summed E-state index contributed by atoms with van der Waals surface area (Å²) in [6, 6.07) is 8.36. The van der Waals surface area contributed by atoms with Crippen molar-refractivity contribution in [3.8, 4) is 0 Å². The Balaban J connectivity index is 1.50. The first-order valence-corrected chi connectivity index (χ1v) is 9.58. The lowest BCUT2D eigenvalue weighted by molar-refractivity contribution is -0.117. The number of likely N-dealkylation sites (tertiary alicyclic amines) is 1. The molecule has 2 aliphatic rings. The Morgan fingerprint density at radius 3 is 2.42 bits per heavy atom. The van der Waals surface area contributed by atoms with Crippen molar-refractivity contribution in [2.24, 2.45) is 5.92 Å². The second-order valence-corrected chi connectivity index (χ2v) is 7.48. The van der Waals surface area contributed by atoms with Crippen LogP contribution >= 0.6 is 0 Å². The Bertz CT molecular complexity index is 520. The zero-order valence-electron chi connectivity index (χ0n) is 15.0. The first-order valence-electron chi connectivity index (χ1n) is 9.58. The fraction of sp³-hybridized carbons (Fsp3) is 0.650. The van der Waals surface area contributed by atoms with Crippen LogP contribution in [0.1, 0.15) is 45.4 Å². The van der Waals surface area contributed by atoms with Crippen LogP contribution in [0.2, 0.25) is 0 Å². The van der Waals surface area contributed by atoms with Crippen molar-refractivity contribution in [1.29, 1.82) is 0 Å². The van der Waals surface area contributed by atoms with E-state index in [1.807, 2.05) is 12.1 Å². The maximum absolute atomic E-state index is 12.3. The smallest absolute Gasteiger partial charge is 0.238 e. The highest BCUT2D eigenvalue weighted by atomic mass is 16.2. The Morgan fingerprint density at radius 1 is 1.04 bits per heavy atom. The molecule has 0 spiro atoms. The molecule has 132 valence electrons. The fourth-order valence-electron chi connectivity index (χ4n) is 3.92. The van der Waals surface area contributed by atoms with Gasteiger partial charge >= 0.3 is 0 Å². The Labute approximate surface area is 146 Å². The SMILES string of the molecule is C[C@@H]1CCCN(CC(=O)Nc2ccc(N3CCCCCC3)cc2)C1. The summed E-state index contributed by atoms with van der Waals surface area (Å²) in [5, 5.41) is 3.05. The summed E-state index contributed by atoms with van der Waals surface area (Å²) >= 11 is 0. The number of benzene rings is 1. The van der Waals surface area contributed by atoms with Gasteiger partial charge in [0.15, 0.2) is 0 Å². The number of carbonyl (C=O) groups excluding carboxylic acids is 1. The Kier molecular flexibility index (Phi) is 6.13. The van der Waals surface area contributed by atoms with Gasteiger partial charge in [-0.25, -0.2) is 0 Å². The maximum Gasteiger partial charge on any atom is 0.238 e. The summed E-state index contributed by atoms with van der Waals surface area (Å²) in [7, 11) is 0. The second-order valence-electron chi connectivity index (χ2n) is 7.48. The molecule has 1 amide bonds. The van der Waals surface area contributed by atoms with E-state index in [9.17, 15) is 4.79 Å². The topological polar surface area (TPSA) is 35.6 Å². The minimum Gasteiger partial charge on any atom is -0.372 e. The highest BCUT2D eigenvalue weighted by Crippen LogP contribution is 2.22. The van der Waals surface area contributed by atoms with E-state index in [0.29, 0.717) is 12.5 Å². The van der Waals surface area contributed by atoms with Gasteiger partial charge in [0.05, 0.1) is 6.54 Å². The summed E-state index contributed by atoms with van der Waals surface area (Å²) in [5.74, 6) is 0.811. The van der Waals surface area contributed by atoms with Crippen LogP contribution in [-0.2, 0) is 4.79 Å². The number of rotatable bonds is 4. The third kappa shape index (κ3) is 4.97. The van der Waals surface area contributed by atoms with Crippen molar-refractivity contribution >= 4 is 17.3 Å². The molecule has 2 saturated heterocycles. The normalized spacial score (nSPS) is 22.9. The van der Waals surface area contributed by atoms with Gasteiger partial charge in [-0.3, -0.25) is 9.69 Å². The monoisotopic (exact) mass is 329 g/mol. The van der Waals surface area contributed by atoms with Crippen LogP contribution in [0, 0.1) is 5.92 Å².